The number of rotatable bonds is 4. The van der Waals surface area contributed by atoms with E-state index in [1.165, 1.54) is 13.0 Å². The van der Waals surface area contributed by atoms with Gasteiger partial charge in [-0.15, -0.1) is 0 Å². The lowest BCUT2D eigenvalue weighted by molar-refractivity contribution is -0.118. The van der Waals surface area contributed by atoms with Crippen LogP contribution in [0.15, 0.2) is 12.1 Å². The molecule has 0 saturated carbocycles. The van der Waals surface area contributed by atoms with Crippen LogP contribution in [0, 0.1) is 0 Å². The number of benzene rings is 1. The molecule has 1 aliphatic heterocycles. The van der Waals surface area contributed by atoms with Gasteiger partial charge in [-0.3, -0.25) is 9.59 Å². The van der Waals surface area contributed by atoms with Crippen LogP contribution in [0.1, 0.15) is 17.3 Å². The van der Waals surface area contributed by atoms with Crippen molar-refractivity contribution >= 4 is 23.4 Å². The van der Waals surface area contributed by atoms with Gasteiger partial charge in [-0.1, -0.05) is 11.6 Å². The normalized spacial score (nSPS) is 12.7. The van der Waals surface area contributed by atoms with Crippen LogP contribution in [-0.4, -0.2) is 38.1 Å². The van der Waals surface area contributed by atoms with Gasteiger partial charge in [-0.2, -0.15) is 0 Å². The largest absolute Gasteiger partial charge is 0.486 e. The second-order valence-electron chi connectivity index (χ2n) is 4.22. The maximum Gasteiger partial charge on any atom is 0.251 e. The fourth-order valence-corrected chi connectivity index (χ4v) is 2.02. The molecule has 0 unspecified atom stereocenters. The standard InChI is InChI=1S/C13H15ClN2O4/c1-8(17)15-2-3-16-13(18)9-6-10(14)12-11(7-9)19-4-5-20-12/h6-7H,2-5H2,1H3,(H,15,17)(H,16,18). The van der Waals surface area contributed by atoms with Crippen molar-refractivity contribution in [2.75, 3.05) is 26.3 Å². The van der Waals surface area contributed by atoms with Crippen molar-refractivity contribution in [2.24, 2.45) is 0 Å². The molecular weight excluding hydrogens is 284 g/mol. The zero-order chi connectivity index (χ0) is 14.5. The van der Waals surface area contributed by atoms with Crippen molar-refractivity contribution in [3.8, 4) is 11.5 Å². The summed E-state index contributed by atoms with van der Waals surface area (Å²) in [6.07, 6.45) is 0. The molecule has 2 rings (SSSR count). The first-order valence-electron chi connectivity index (χ1n) is 6.19. The highest BCUT2D eigenvalue weighted by Crippen LogP contribution is 2.38. The maximum absolute atomic E-state index is 11.9. The fraction of sp³-hybridized carbons (Fsp3) is 0.385. The number of hydrogen-bond donors (Lipinski definition) is 2. The van der Waals surface area contributed by atoms with Crippen LogP contribution in [0.3, 0.4) is 0 Å². The van der Waals surface area contributed by atoms with Crippen molar-refractivity contribution in [2.45, 2.75) is 6.92 Å². The number of hydrogen-bond acceptors (Lipinski definition) is 4. The zero-order valence-corrected chi connectivity index (χ0v) is 11.8. The van der Waals surface area contributed by atoms with Crippen LogP contribution in [0.2, 0.25) is 5.02 Å². The molecule has 0 aromatic heterocycles. The number of halogens is 1. The van der Waals surface area contributed by atoms with E-state index in [2.05, 4.69) is 10.6 Å². The zero-order valence-electron chi connectivity index (χ0n) is 11.0. The second kappa shape index (κ2) is 6.47. The molecular formula is C13H15ClN2O4. The molecule has 1 aliphatic rings. The Bertz CT molecular complexity index is 533. The quantitative estimate of drug-likeness (QED) is 0.812. The lowest BCUT2D eigenvalue weighted by atomic mass is 10.2. The maximum atomic E-state index is 11.9. The van der Waals surface area contributed by atoms with Gasteiger partial charge in [0.25, 0.3) is 5.91 Å². The van der Waals surface area contributed by atoms with Crippen LogP contribution >= 0.6 is 11.6 Å². The summed E-state index contributed by atoms with van der Waals surface area (Å²) in [6, 6.07) is 3.12. The molecule has 1 aromatic carbocycles. The third-order valence-electron chi connectivity index (χ3n) is 2.64. The number of nitrogens with one attached hydrogen (secondary N) is 2. The predicted octanol–water partition coefficient (Wildman–Crippen LogP) is 0.977. The number of fused-ring (bicyclic) bond motifs is 1. The molecule has 0 bridgehead atoms. The number of ether oxygens (including phenoxy) is 2. The van der Waals surface area contributed by atoms with Gasteiger partial charge in [0, 0.05) is 25.6 Å². The first-order valence-corrected chi connectivity index (χ1v) is 6.57. The molecule has 2 N–H and O–H groups in total. The molecule has 1 heterocycles. The molecule has 7 heteroatoms. The lowest BCUT2D eigenvalue weighted by Crippen LogP contribution is -2.33. The summed E-state index contributed by atoms with van der Waals surface area (Å²) in [7, 11) is 0. The molecule has 6 nitrogen and oxygen atoms in total. The van der Waals surface area contributed by atoms with E-state index in [1.54, 1.807) is 6.07 Å². The number of amides is 2. The van der Waals surface area contributed by atoms with Crippen molar-refractivity contribution < 1.29 is 19.1 Å². The summed E-state index contributed by atoms with van der Waals surface area (Å²) in [5.41, 5.74) is 0.391. The molecule has 0 fully saturated rings. The Balaban J connectivity index is 1.99. The first-order chi connectivity index (χ1) is 9.58. The molecule has 0 atom stereocenters. The van der Waals surface area contributed by atoms with Gasteiger partial charge in [-0.25, -0.2) is 0 Å². The van der Waals surface area contributed by atoms with Crippen LogP contribution in [0.25, 0.3) is 0 Å². The minimum atomic E-state index is -0.283. The Morgan fingerprint density at radius 3 is 2.65 bits per heavy atom. The van der Waals surface area contributed by atoms with E-state index < -0.39 is 0 Å². The van der Waals surface area contributed by atoms with E-state index in [4.69, 9.17) is 21.1 Å². The van der Waals surface area contributed by atoms with Crippen molar-refractivity contribution in [3.63, 3.8) is 0 Å². The van der Waals surface area contributed by atoms with Gasteiger partial charge in [0.05, 0.1) is 5.02 Å². The summed E-state index contributed by atoms with van der Waals surface area (Å²) in [6.45, 7) is 3.00. The lowest BCUT2D eigenvalue weighted by Gasteiger charge is -2.20. The van der Waals surface area contributed by atoms with Gasteiger partial charge in [0.2, 0.25) is 5.91 Å². The number of carbonyl (C=O) groups is 2. The van der Waals surface area contributed by atoms with Crippen molar-refractivity contribution in [3.05, 3.63) is 22.7 Å². The average Bonchev–Trinajstić information content (AvgIpc) is 2.43. The van der Waals surface area contributed by atoms with Crippen molar-refractivity contribution in [1.82, 2.24) is 10.6 Å². The second-order valence-corrected chi connectivity index (χ2v) is 4.63. The average molecular weight is 299 g/mol. The Kier molecular flexibility index (Phi) is 4.68. The Hall–Kier alpha value is -1.95. The van der Waals surface area contributed by atoms with Gasteiger partial charge in [0.15, 0.2) is 11.5 Å². The summed E-state index contributed by atoms with van der Waals surface area (Å²) in [5.74, 6) is 0.513. The first kappa shape index (κ1) is 14.5. The molecule has 20 heavy (non-hydrogen) atoms. The minimum absolute atomic E-state index is 0.137. The fourth-order valence-electron chi connectivity index (χ4n) is 1.76. The molecule has 0 radical (unpaired) electrons. The van der Waals surface area contributed by atoms with Crippen LogP contribution in [-0.2, 0) is 4.79 Å². The molecule has 108 valence electrons. The van der Waals surface area contributed by atoms with Gasteiger partial charge >= 0.3 is 0 Å². The van der Waals surface area contributed by atoms with Gasteiger partial charge in [0.1, 0.15) is 13.2 Å². The third kappa shape index (κ3) is 3.54. The SMILES string of the molecule is CC(=O)NCCNC(=O)c1cc(Cl)c2c(c1)OCCO2. The third-order valence-corrected chi connectivity index (χ3v) is 2.92. The molecule has 0 spiro atoms. The molecule has 0 aliphatic carbocycles. The van der Waals surface area contributed by atoms with Crippen LogP contribution < -0.4 is 20.1 Å². The molecule has 0 saturated heterocycles. The highest BCUT2D eigenvalue weighted by Gasteiger charge is 2.19. The van der Waals surface area contributed by atoms with E-state index in [0.29, 0.717) is 48.4 Å². The van der Waals surface area contributed by atoms with Gasteiger partial charge in [-0.05, 0) is 12.1 Å². The topological polar surface area (TPSA) is 76.7 Å². The Labute approximate surface area is 121 Å². The Morgan fingerprint density at radius 1 is 1.20 bits per heavy atom. The monoisotopic (exact) mass is 298 g/mol. The smallest absolute Gasteiger partial charge is 0.251 e. The highest BCUT2D eigenvalue weighted by molar-refractivity contribution is 6.32. The van der Waals surface area contributed by atoms with E-state index >= 15 is 0 Å². The van der Waals surface area contributed by atoms with E-state index in [1.807, 2.05) is 0 Å². The van der Waals surface area contributed by atoms with E-state index in [0.717, 1.165) is 0 Å². The van der Waals surface area contributed by atoms with Gasteiger partial charge < -0.3 is 20.1 Å². The number of carbonyl (C=O) groups excluding carboxylic acids is 2. The summed E-state index contributed by atoms with van der Waals surface area (Å²) >= 11 is 6.05. The Morgan fingerprint density at radius 2 is 1.90 bits per heavy atom. The summed E-state index contributed by atoms with van der Waals surface area (Å²) < 4.78 is 10.8. The highest BCUT2D eigenvalue weighted by atomic mass is 35.5. The van der Waals surface area contributed by atoms with E-state index in [-0.39, 0.29) is 11.8 Å². The van der Waals surface area contributed by atoms with E-state index in [9.17, 15) is 9.59 Å². The minimum Gasteiger partial charge on any atom is -0.486 e. The summed E-state index contributed by atoms with van der Waals surface area (Å²) in [4.78, 5) is 22.6. The molecule has 2 amide bonds. The van der Waals surface area contributed by atoms with Crippen molar-refractivity contribution in [1.29, 1.82) is 0 Å². The van der Waals surface area contributed by atoms with Crippen LogP contribution in [0.4, 0.5) is 0 Å². The molecule has 1 aromatic rings. The summed E-state index contributed by atoms with van der Waals surface area (Å²) in [5, 5.41) is 5.61. The van der Waals surface area contributed by atoms with Crippen LogP contribution in [0.5, 0.6) is 11.5 Å². The predicted molar refractivity (Wildman–Crippen MR) is 73.5 cm³/mol.